The van der Waals surface area contributed by atoms with E-state index in [2.05, 4.69) is 10.2 Å². The van der Waals surface area contributed by atoms with Gasteiger partial charge >= 0.3 is 0 Å². The van der Waals surface area contributed by atoms with E-state index in [1.54, 1.807) is 10.9 Å². The Bertz CT molecular complexity index is 670. The van der Waals surface area contributed by atoms with Gasteiger partial charge in [-0.25, -0.2) is 0 Å². The summed E-state index contributed by atoms with van der Waals surface area (Å²) in [5.74, 6) is 0.0505. The summed E-state index contributed by atoms with van der Waals surface area (Å²) >= 11 is 0. The average molecular weight is 299 g/mol. The van der Waals surface area contributed by atoms with Crippen LogP contribution in [0.2, 0.25) is 0 Å². The summed E-state index contributed by atoms with van der Waals surface area (Å²) in [4.78, 5) is 12.4. The molecule has 1 aliphatic heterocycles. The van der Waals surface area contributed by atoms with Crippen molar-refractivity contribution in [3.8, 4) is 0 Å². The van der Waals surface area contributed by atoms with Gasteiger partial charge in [0.2, 0.25) is 0 Å². The largest absolute Gasteiger partial charge is 0.305 e. The first-order valence-corrected chi connectivity index (χ1v) is 7.67. The average Bonchev–Trinajstić information content (AvgIpc) is 2.90. The van der Waals surface area contributed by atoms with Crippen molar-refractivity contribution in [2.75, 3.05) is 11.6 Å². The summed E-state index contributed by atoms with van der Waals surface area (Å²) in [6.07, 6.45) is 8.92. The third-order valence-corrected chi connectivity index (χ3v) is 4.13. The second-order valence-electron chi connectivity index (χ2n) is 6.12. The van der Waals surface area contributed by atoms with Crippen LogP contribution in [0.3, 0.4) is 0 Å². The first-order chi connectivity index (χ1) is 10.5. The molecule has 0 saturated carbocycles. The van der Waals surface area contributed by atoms with Gasteiger partial charge in [-0.3, -0.25) is 14.5 Å². The van der Waals surface area contributed by atoms with Crippen molar-refractivity contribution in [1.82, 2.24) is 9.78 Å². The van der Waals surface area contributed by atoms with Crippen LogP contribution in [0, 0.1) is 11.3 Å². The number of Topliss-reactive ketones (excluding diaryl/α,β-unsaturated/α-hetero) is 1. The summed E-state index contributed by atoms with van der Waals surface area (Å²) < 4.78 is 1.73. The molecule has 6 heteroatoms. The first-order valence-electron chi connectivity index (χ1n) is 7.67. The van der Waals surface area contributed by atoms with Crippen LogP contribution in [0.1, 0.15) is 32.6 Å². The summed E-state index contributed by atoms with van der Waals surface area (Å²) in [5, 5.41) is 18.4. The lowest BCUT2D eigenvalue weighted by atomic mass is 9.90. The van der Waals surface area contributed by atoms with Gasteiger partial charge in [0.15, 0.2) is 5.78 Å². The highest BCUT2D eigenvalue weighted by Gasteiger charge is 2.29. The fourth-order valence-corrected chi connectivity index (χ4v) is 2.94. The fraction of sp³-hybridized carbons (Fsp3) is 0.500. The molecule has 1 atom stereocenters. The molecule has 6 nitrogen and oxygen atoms in total. The molecule has 0 fully saturated rings. The molecule has 1 N–H and O–H groups in total. The predicted octanol–water partition coefficient (Wildman–Crippen LogP) is 2.32. The van der Waals surface area contributed by atoms with E-state index >= 15 is 0 Å². The van der Waals surface area contributed by atoms with E-state index in [4.69, 9.17) is 5.41 Å². The Morgan fingerprint density at radius 3 is 2.91 bits per heavy atom. The number of ketones is 1. The lowest BCUT2D eigenvalue weighted by Crippen LogP contribution is -2.39. The number of hydrogen-bond donors (Lipinski definition) is 1. The smallest absolute Gasteiger partial charge is 0.183 e. The van der Waals surface area contributed by atoms with E-state index in [0.29, 0.717) is 24.4 Å². The molecule has 1 aromatic heterocycles. The molecule has 0 bridgehead atoms. The van der Waals surface area contributed by atoms with Crippen molar-refractivity contribution in [1.29, 1.82) is 5.41 Å². The molecule has 0 amide bonds. The summed E-state index contributed by atoms with van der Waals surface area (Å²) in [7, 11) is 1.87. The normalized spacial score (nSPS) is 22.6. The SMILES string of the molecule is CC1CN(c2cnn(C)c2)N=C(CC2=CC(=N)CCC2)C1=O. The lowest BCUT2D eigenvalue weighted by Gasteiger charge is -2.28. The standard InChI is InChI=1S/C16H21N5O/c1-11-9-21(14-8-18-20(2)10-14)19-15(16(11)22)7-12-4-3-5-13(17)6-12/h6,8,10-11,17H,3-5,7,9H2,1-2H3. The maximum Gasteiger partial charge on any atom is 0.183 e. The zero-order valence-corrected chi connectivity index (χ0v) is 13.0. The molecule has 2 aliphatic rings. The van der Waals surface area contributed by atoms with E-state index in [-0.39, 0.29) is 11.7 Å². The van der Waals surface area contributed by atoms with Crippen molar-refractivity contribution < 1.29 is 4.79 Å². The van der Waals surface area contributed by atoms with Gasteiger partial charge in [0, 0.05) is 31.3 Å². The van der Waals surface area contributed by atoms with Gasteiger partial charge in [-0.2, -0.15) is 10.2 Å². The quantitative estimate of drug-likeness (QED) is 0.930. The molecular weight excluding hydrogens is 278 g/mol. The Morgan fingerprint density at radius 2 is 2.23 bits per heavy atom. The van der Waals surface area contributed by atoms with Gasteiger partial charge in [0.05, 0.1) is 18.4 Å². The van der Waals surface area contributed by atoms with Crippen LogP contribution in [0.5, 0.6) is 0 Å². The third-order valence-electron chi connectivity index (χ3n) is 4.13. The predicted molar refractivity (Wildman–Crippen MR) is 86.4 cm³/mol. The molecule has 0 aromatic carbocycles. The molecule has 1 unspecified atom stereocenters. The van der Waals surface area contributed by atoms with Crippen LogP contribution in [0.25, 0.3) is 0 Å². The van der Waals surface area contributed by atoms with Crippen LogP contribution in [0.15, 0.2) is 29.1 Å². The van der Waals surface area contributed by atoms with Crippen molar-refractivity contribution in [3.05, 3.63) is 24.0 Å². The number of aryl methyl sites for hydroxylation is 1. The lowest BCUT2D eigenvalue weighted by molar-refractivity contribution is -0.116. The number of nitrogens with zero attached hydrogens (tertiary/aromatic N) is 4. The van der Waals surface area contributed by atoms with Crippen LogP contribution in [-0.2, 0) is 11.8 Å². The molecule has 22 heavy (non-hydrogen) atoms. The second-order valence-corrected chi connectivity index (χ2v) is 6.12. The Morgan fingerprint density at radius 1 is 1.41 bits per heavy atom. The van der Waals surface area contributed by atoms with Crippen LogP contribution in [-0.4, -0.2) is 33.5 Å². The van der Waals surface area contributed by atoms with Crippen molar-refractivity contribution in [2.45, 2.75) is 32.6 Å². The minimum Gasteiger partial charge on any atom is -0.305 e. The molecule has 1 aromatic rings. The van der Waals surface area contributed by atoms with Gasteiger partial charge in [-0.05, 0) is 25.3 Å². The van der Waals surface area contributed by atoms with Crippen LogP contribution < -0.4 is 5.01 Å². The zero-order valence-electron chi connectivity index (χ0n) is 13.0. The van der Waals surface area contributed by atoms with Crippen LogP contribution >= 0.6 is 0 Å². The summed E-state index contributed by atoms with van der Waals surface area (Å²) in [6, 6.07) is 0. The first kappa shape index (κ1) is 14.7. The van der Waals surface area contributed by atoms with E-state index in [1.165, 1.54) is 0 Å². The highest BCUT2D eigenvalue weighted by molar-refractivity contribution is 6.41. The Kier molecular flexibility index (Phi) is 3.92. The highest BCUT2D eigenvalue weighted by atomic mass is 16.1. The minimum atomic E-state index is -0.0728. The van der Waals surface area contributed by atoms with Gasteiger partial charge in [-0.15, -0.1) is 0 Å². The van der Waals surface area contributed by atoms with Crippen molar-refractivity contribution in [3.63, 3.8) is 0 Å². The molecule has 0 saturated heterocycles. The highest BCUT2D eigenvalue weighted by Crippen LogP contribution is 2.24. The maximum absolute atomic E-state index is 12.4. The van der Waals surface area contributed by atoms with Crippen molar-refractivity contribution in [2.24, 2.45) is 18.1 Å². The molecule has 3 rings (SSSR count). The molecule has 2 heterocycles. The molecule has 1 aliphatic carbocycles. The number of hydrazone groups is 1. The van der Waals surface area contributed by atoms with E-state index in [9.17, 15) is 4.79 Å². The summed E-state index contributed by atoms with van der Waals surface area (Å²) in [5.41, 5.74) is 3.30. The van der Waals surface area contributed by atoms with E-state index in [1.807, 2.05) is 31.3 Å². The topological polar surface area (TPSA) is 74.3 Å². The van der Waals surface area contributed by atoms with E-state index in [0.717, 1.165) is 30.5 Å². The molecular formula is C16H21N5O. The monoisotopic (exact) mass is 299 g/mol. The molecule has 116 valence electrons. The van der Waals surface area contributed by atoms with Gasteiger partial charge in [0.1, 0.15) is 5.71 Å². The van der Waals surface area contributed by atoms with Gasteiger partial charge in [-0.1, -0.05) is 12.5 Å². The number of rotatable bonds is 3. The van der Waals surface area contributed by atoms with E-state index < -0.39 is 0 Å². The summed E-state index contributed by atoms with van der Waals surface area (Å²) in [6.45, 7) is 2.53. The Balaban J connectivity index is 1.85. The number of anilines is 1. The fourth-order valence-electron chi connectivity index (χ4n) is 2.94. The maximum atomic E-state index is 12.4. The number of nitrogens with one attached hydrogen (secondary N) is 1. The second kappa shape index (κ2) is 5.87. The molecule has 0 spiro atoms. The van der Waals surface area contributed by atoms with Gasteiger partial charge in [0.25, 0.3) is 0 Å². The number of hydrogen-bond acceptors (Lipinski definition) is 5. The minimum absolute atomic E-state index is 0.0728. The third kappa shape index (κ3) is 3.00. The van der Waals surface area contributed by atoms with Crippen LogP contribution in [0.4, 0.5) is 5.69 Å². The van der Waals surface area contributed by atoms with Crippen molar-refractivity contribution >= 4 is 22.9 Å². The number of carbonyl (C=O) groups is 1. The number of aromatic nitrogens is 2. The molecule has 0 radical (unpaired) electrons. The number of allylic oxidation sites excluding steroid dienone is 2. The Labute approximate surface area is 130 Å². The zero-order chi connectivity index (χ0) is 15.7. The Hall–Kier alpha value is -2.24. The number of carbonyl (C=O) groups excluding carboxylic acids is 1. The van der Waals surface area contributed by atoms with Gasteiger partial charge < -0.3 is 5.41 Å².